The Labute approximate surface area is 138 Å². The van der Waals surface area contributed by atoms with Gasteiger partial charge in [0.05, 0.1) is 23.5 Å². The van der Waals surface area contributed by atoms with Gasteiger partial charge in [-0.05, 0) is 24.3 Å². The molecule has 1 aromatic heterocycles. The molecule has 0 saturated heterocycles. The van der Waals surface area contributed by atoms with Crippen molar-refractivity contribution in [2.45, 2.75) is 0 Å². The molecule has 0 spiro atoms. The molecule has 0 unspecified atom stereocenters. The lowest BCUT2D eigenvalue weighted by molar-refractivity contribution is 0.187. The number of aromatic amines is 1. The Morgan fingerprint density at radius 2 is 2.00 bits per heavy atom. The first kappa shape index (κ1) is 15.1. The monoisotopic (exact) mass is 327 g/mol. The van der Waals surface area contributed by atoms with Crippen LogP contribution in [0.3, 0.4) is 0 Å². The van der Waals surface area contributed by atoms with Gasteiger partial charge in [0.1, 0.15) is 0 Å². The van der Waals surface area contributed by atoms with Gasteiger partial charge in [0.25, 0.3) is 0 Å². The van der Waals surface area contributed by atoms with Crippen LogP contribution in [0.25, 0.3) is 22.5 Å². The Bertz CT molecular complexity index is 845. The average Bonchev–Trinajstić information content (AvgIpc) is 3.05. The SMILES string of the molecule is COC(=O)Nc1cccc(-c2cc(-c3ccccc3Cl)n[nH]2)c1. The number of nitrogens with zero attached hydrogens (tertiary/aromatic N) is 1. The van der Waals surface area contributed by atoms with Crippen LogP contribution in [0.4, 0.5) is 10.5 Å². The highest BCUT2D eigenvalue weighted by Gasteiger charge is 2.09. The zero-order chi connectivity index (χ0) is 16.2. The molecule has 3 aromatic rings. The van der Waals surface area contributed by atoms with Crippen LogP contribution in [-0.4, -0.2) is 23.4 Å². The van der Waals surface area contributed by atoms with Crippen LogP contribution in [0.1, 0.15) is 0 Å². The van der Waals surface area contributed by atoms with Crippen molar-refractivity contribution >= 4 is 23.4 Å². The number of nitrogens with one attached hydrogen (secondary N) is 2. The van der Waals surface area contributed by atoms with E-state index in [4.69, 9.17) is 11.6 Å². The first-order valence-electron chi connectivity index (χ1n) is 6.93. The summed E-state index contributed by atoms with van der Waals surface area (Å²) in [4.78, 5) is 11.3. The number of amides is 1. The van der Waals surface area contributed by atoms with Gasteiger partial charge in [-0.15, -0.1) is 0 Å². The van der Waals surface area contributed by atoms with Gasteiger partial charge in [0, 0.05) is 16.8 Å². The molecule has 0 bridgehead atoms. The summed E-state index contributed by atoms with van der Waals surface area (Å²) in [7, 11) is 1.32. The molecule has 0 radical (unpaired) electrons. The summed E-state index contributed by atoms with van der Waals surface area (Å²) in [6.07, 6.45) is -0.511. The highest BCUT2D eigenvalue weighted by Crippen LogP contribution is 2.29. The number of aromatic nitrogens is 2. The summed E-state index contributed by atoms with van der Waals surface area (Å²) in [5.74, 6) is 0. The Morgan fingerprint density at radius 1 is 1.17 bits per heavy atom. The van der Waals surface area contributed by atoms with E-state index in [1.54, 1.807) is 6.07 Å². The number of ether oxygens (including phenoxy) is 1. The summed E-state index contributed by atoms with van der Waals surface area (Å²) < 4.78 is 4.59. The molecule has 0 saturated carbocycles. The fourth-order valence-electron chi connectivity index (χ4n) is 2.21. The second-order valence-corrected chi connectivity index (χ2v) is 5.25. The van der Waals surface area contributed by atoms with Crippen LogP contribution in [0.5, 0.6) is 0 Å². The number of methoxy groups -OCH3 is 1. The fraction of sp³-hybridized carbons (Fsp3) is 0.0588. The standard InChI is InChI=1S/C17H14ClN3O2/c1-23-17(22)19-12-6-4-5-11(9-12)15-10-16(21-20-15)13-7-2-3-8-14(13)18/h2-10H,1H3,(H,19,22)(H,20,21). The van der Waals surface area contributed by atoms with Crippen molar-refractivity contribution in [1.29, 1.82) is 0 Å². The Hall–Kier alpha value is -2.79. The summed E-state index contributed by atoms with van der Waals surface area (Å²) in [5, 5.41) is 10.6. The Balaban J connectivity index is 1.90. The third-order valence-corrected chi connectivity index (χ3v) is 3.66. The number of hydrogen-bond acceptors (Lipinski definition) is 3. The van der Waals surface area contributed by atoms with Crippen molar-refractivity contribution in [3.8, 4) is 22.5 Å². The van der Waals surface area contributed by atoms with Crippen LogP contribution in [-0.2, 0) is 4.74 Å². The molecule has 0 aliphatic rings. The van der Waals surface area contributed by atoms with Crippen molar-refractivity contribution in [1.82, 2.24) is 10.2 Å². The number of anilines is 1. The minimum absolute atomic E-state index is 0.511. The van der Waals surface area contributed by atoms with Crippen molar-refractivity contribution < 1.29 is 9.53 Å². The zero-order valence-electron chi connectivity index (χ0n) is 12.3. The molecule has 0 aliphatic carbocycles. The van der Waals surface area contributed by atoms with Gasteiger partial charge in [-0.1, -0.05) is 41.9 Å². The number of rotatable bonds is 3. The van der Waals surface area contributed by atoms with Crippen LogP contribution >= 0.6 is 11.6 Å². The quantitative estimate of drug-likeness (QED) is 0.740. The molecule has 3 rings (SSSR count). The predicted molar refractivity (Wildman–Crippen MR) is 90.5 cm³/mol. The van der Waals surface area contributed by atoms with Crippen molar-refractivity contribution in [2.24, 2.45) is 0 Å². The van der Waals surface area contributed by atoms with E-state index in [0.717, 1.165) is 22.5 Å². The van der Waals surface area contributed by atoms with E-state index < -0.39 is 6.09 Å². The van der Waals surface area contributed by atoms with Crippen LogP contribution in [0.2, 0.25) is 5.02 Å². The average molecular weight is 328 g/mol. The van der Waals surface area contributed by atoms with Crippen molar-refractivity contribution in [3.63, 3.8) is 0 Å². The first-order valence-corrected chi connectivity index (χ1v) is 7.31. The molecule has 0 aliphatic heterocycles. The summed E-state index contributed by atoms with van der Waals surface area (Å²) in [6, 6.07) is 16.8. The van der Waals surface area contributed by atoms with Crippen LogP contribution in [0, 0.1) is 0 Å². The van der Waals surface area contributed by atoms with E-state index >= 15 is 0 Å². The van der Waals surface area contributed by atoms with Crippen LogP contribution < -0.4 is 5.32 Å². The topological polar surface area (TPSA) is 67.0 Å². The molecule has 1 heterocycles. The smallest absolute Gasteiger partial charge is 0.411 e. The summed E-state index contributed by atoms with van der Waals surface area (Å²) >= 11 is 6.20. The number of benzene rings is 2. The third-order valence-electron chi connectivity index (χ3n) is 3.33. The number of carbonyl (C=O) groups is 1. The molecular formula is C17H14ClN3O2. The molecule has 2 aromatic carbocycles. The minimum Gasteiger partial charge on any atom is -0.453 e. The normalized spacial score (nSPS) is 10.3. The van der Waals surface area contributed by atoms with Gasteiger partial charge >= 0.3 is 6.09 Å². The molecule has 5 nitrogen and oxygen atoms in total. The van der Waals surface area contributed by atoms with E-state index in [0.29, 0.717) is 10.7 Å². The van der Waals surface area contributed by atoms with E-state index in [9.17, 15) is 4.79 Å². The van der Waals surface area contributed by atoms with E-state index in [-0.39, 0.29) is 0 Å². The molecular weight excluding hydrogens is 314 g/mol. The van der Waals surface area contributed by atoms with E-state index in [1.807, 2.05) is 48.5 Å². The summed E-state index contributed by atoms with van der Waals surface area (Å²) in [6.45, 7) is 0. The predicted octanol–water partition coefficient (Wildman–Crippen LogP) is 4.58. The second kappa shape index (κ2) is 6.54. The fourth-order valence-corrected chi connectivity index (χ4v) is 2.44. The minimum atomic E-state index is -0.511. The lowest BCUT2D eigenvalue weighted by Crippen LogP contribution is -2.10. The number of H-pyrrole nitrogens is 1. The lowest BCUT2D eigenvalue weighted by Gasteiger charge is -2.05. The van der Waals surface area contributed by atoms with Gasteiger partial charge in [-0.2, -0.15) is 5.10 Å². The number of carbonyl (C=O) groups excluding carboxylic acids is 1. The largest absolute Gasteiger partial charge is 0.453 e. The molecule has 6 heteroatoms. The molecule has 1 amide bonds. The zero-order valence-corrected chi connectivity index (χ0v) is 13.1. The van der Waals surface area contributed by atoms with Gasteiger partial charge < -0.3 is 4.74 Å². The van der Waals surface area contributed by atoms with Gasteiger partial charge in [0.15, 0.2) is 0 Å². The number of hydrogen-bond donors (Lipinski definition) is 2. The molecule has 2 N–H and O–H groups in total. The number of halogens is 1. The lowest BCUT2D eigenvalue weighted by atomic mass is 10.1. The van der Waals surface area contributed by atoms with E-state index in [1.165, 1.54) is 7.11 Å². The maximum atomic E-state index is 11.3. The Morgan fingerprint density at radius 3 is 2.78 bits per heavy atom. The van der Waals surface area contributed by atoms with Gasteiger partial charge in [-0.25, -0.2) is 4.79 Å². The summed E-state index contributed by atoms with van der Waals surface area (Å²) in [5.41, 5.74) is 3.99. The third kappa shape index (κ3) is 3.35. The van der Waals surface area contributed by atoms with Crippen LogP contribution in [0.15, 0.2) is 54.6 Å². The van der Waals surface area contributed by atoms with Crippen molar-refractivity contribution in [3.05, 3.63) is 59.6 Å². The molecule has 116 valence electrons. The molecule has 23 heavy (non-hydrogen) atoms. The second-order valence-electron chi connectivity index (χ2n) is 4.84. The molecule has 0 fully saturated rings. The van der Waals surface area contributed by atoms with Gasteiger partial charge in [-0.3, -0.25) is 10.4 Å². The highest BCUT2D eigenvalue weighted by atomic mass is 35.5. The maximum Gasteiger partial charge on any atom is 0.411 e. The Kier molecular flexibility index (Phi) is 4.30. The molecule has 0 atom stereocenters. The highest BCUT2D eigenvalue weighted by molar-refractivity contribution is 6.33. The first-order chi connectivity index (χ1) is 11.2. The maximum absolute atomic E-state index is 11.3. The van der Waals surface area contributed by atoms with Gasteiger partial charge in [0.2, 0.25) is 0 Å². The van der Waals surface area contributed by atoms with E-state index in [2.05, 4.69) is 20.3 Å². The van der Waals surface area contributed by atoms with Crippen molar-refractivity contribution in [2.75, 3.05) is 12.4 Å².